The molecule has 0 spiro atoms. The van der Waals surface area contributed by atoms with Crippen molar-refractivity contribution in [1.82, 2.24) is 20.7 Å². The molecule has 0 aromatic carbocycles. The quantitative estimate of drug-likeness (QED) is 0.868. The fourth-order valence-electron chi connectivity index (χ4n) is 2.44. The van der Waals surface area contributed by atoms with Gasteiger partial charge in [0.15, 0.2) is 12.3 Å². The molecule has 20 heavy (non-hydrogen) atoms. The van der Waals surface area contributed by atoms with Gasteiger partial charge in [-0.15, -0.1) is 0 Å². The monoisotopic (exact) mass is 274 g/mol. The molecule has 2 aliphatic rings. The summed E-state index contributed by atoms with van der Waals surface area (Å²) in [4.78, 5) is 24.2. The SMILES string of the molecule is O=C1N[C@@H](c2ccco2)N2C(=O)N[C@H](c3ccco3)N12. The Hall–Kier alpha value is -2.90. The third-order valence-corrected chi connectivity index (χ3v) is 3.28. The van der Waals surface area contributed by atoms with Crippen LogP contribution in [-0.2, 0) is 0 Å². The van der Waals surface area contributed by atoms with Crippen LogP contribution in [0, 0.1) is 0 Å². The van der Waals surface area contributed by atoms with Crippen molar-refractivity contribution in [3.8, 4) is 0 Å². The van der Waals surface area contributed by atoms with Crippen LogP contribution in [-0.4, -0.2) is 22.1 Å². The molecule has 4 rings (SSSR count). The van der Waals surface area contributed by atoms with Crippen molar-refractivity contribution in [1.29, 1.82) is 0 Å². The van der Waals surface area contributed by atoms with Gasteiger partial charge in [-0.3, -0.25) is 0 Å². The van der Waals surface area contributed by atoms with Crippen LogP contribution in [0.25, 0.3) is 0 Å². The summed E-state index contributed by atoms with van der Waals surface area (Å²) in [5, 5.41) is 7.97. The Morgan fingerprint density at radius 3 is 1.65 bits per heavy atom. The fraction of sp³-hybridized carbons (Fsp3) is 0.167. The van der Waals surface area contributed by atoms with E-state index in [1.807, 2.05) is 0 Å². The molecular formula is C12H10N4O4. The Kier molecular flexibility index (Phi) is 2.08. The largest absolute Gasteiger partial charge is 0.465 e. The summed E-state index contributed by atoms with van der Waals surface area (Å²) in [6, 6.07) is 5.99. The number of rotatable bonds is 2. The van der Waals surface area contributed by atoms with Gasteiger partial charge in [-0.05, 0) is 24.3 Å². The topological polar surface area (TPSA) is 91.0 Å². The molecular weight excluding hydrogens is 264 g/mol. The number of hydrogen-bond donors (Lipinski definition) is 2. The smallest absolute Gasteiger partial charge is 0.340 e. The zero-order valence-corrected chi connectivity index (χ0v) is 10.1. The summed E-state index contributed by atoms with van der Waals surface area (Å²) in [6.07, 6.45) is 1.67. The van der Waals surface area contributed by atoms with E-state index >= 15 is 0 Å². The van der Waals surface area contributed by atoms with Crippen molar-refractivity contribution in [2.24, 2.45) is 0 Å². The van der Waals surface area contributed by atoms with E-state index in [0.29, 0.717) is 11.5 Å². The van der Waals surface area contributed by atoms with E-state index in [-0.39, 0.29) is 0 Å². The van der Waals surface area contributed by atoms with Gasteiger partial charge in [0.05, 0.1) is 12.5 Å². The summed E-state index contributed by atoms with van der Waals surface area (Å²) in [7, 11) is 0. The van der Waals surface area contributed by atoms with Gasteiger partial charge in [0.2, 0.25) is 0 Å². The van der Waals surface area contributed by atoms with Gasteiger partial charge in [0.25, 0.3) is 0 Å². The highest BCUT2D eigenvalue weighted by Gasteiger charge is 2.52. The number of carbonyl (C=O) groups is 2. The molecule has 2 atom stereocenters. The molecule has 4 heterocycles. The second-order valence-corrected chi connectivity index (χ2v) is 4.42. The molecule has 8 nitrogen and oxygen atoms in total. The maximum absolute atomic E-state index is 12.1. The number of hydrogen-bond acceptors (Lipinski definition) is 4. The molecule has 0 radical (unpaired) electrons. The maximum atomic E-state index is 12.1. The molecule has 2 aromatic heterocycles. The zero-order valence-electron chi connectivity index (χ0n) is 10.1. The first-order valence-electron chi connectivity index (χ1n) is 6.02. The normalized spacial score (nSPS) is 24.8. The van der Waals surface area contributed by atoms with Gasteiger partial charge < -0.3 is 19.5 Å². The molecule has 0 saturated carbocycles. The third kappa shape index (κ3) is 1.35. The van der Waals surface area contributed by atoms with Crippen LogP contribution in [0.4, 0.5) is 9.59 Å². The van der Waals surface area contributed by atoms with Gasteiger partial charge in [-0.1, -0.05) is 0 Å². The molecule has 0 bridgehead atoms. The molecule has 0 aliphatic carbocycles. The van der Waals surface area contributed by atoms with E-state index in [2.05, 4.69) is 10.6 Å². The average Bonchev–Trinajstić information content (AvgIpc) is 3.17. The average molecular weight is 274 g/mol. The van der Waals surface area contributed by atoms with Gasteiger partial charge in [-0.25, -0.2) is 9.59 Å². The van der Waals surface area contributed by atoms with Crippen LogP contribution in [0.2, 0.25) is 0 Å². The van der Waals surface area contributed by atoms with Crippen molar-refractivity contribution in [2.45, 2.75) is 12.3 Å². The van der Waals surface area contributed by atoms with Gasteiger partial charge in [-0.2, -0.15) is 10.0 Å². The third-order valence-electron chi connectivity index (χ3n) is 3.28. The van der Waals surface area contributed by atoms with E-state index in [9.17, 15) is 9.59 Å². The number of carbonyl (C=O) groups excluding carboxylic acids is 2. The number of furan rings is 2. The predicted octanol–water partition coefficient (Wildman–Crippen LogP) is 1.54. The van der Waals surface area contributed by atoms with Crippen molar-refractivity contribution < 1.29 is 18.4 Å². The zero-order chi connectivity index (χ0) is 13.7. The van der Waals surface area contributed by atoms with Crippen LogP contribution in [0.1, 0.15) is 23.9 Å². The van der Waals surface area contributed by atoms with E-state index in [0.717, 1.165) is 0 Å². The maximum Gasteiger partial charge on any atom is 0.340 e. The van der Waals surface area contributed by atoms with Crippen LogP contribution >= 0.6 is 0 Å². The van der Waals surface area contributed by atoms with Crippen LogP contribution < -0.4 is 10.6 Å². The lowest BCUT2D eigenvalue weighted by atomic mass is 10.3. The Morgan fingerprint density at radius 1 is 0.850 bits per heavy atom. The Bertz CT molecular complexity index is 593. The van der Waals surface area contributed by atoms with E-state index in [1.165, 1.54) is 22.5 Å². The summed E-state index contributed by atoms with van der Waals surface area (Å²) in [5.41, 5.74) is 0. The fourth-order valence-corrected chi connectivity index (χ4v) is 2.44. The van der Waals surface area contributed by atoms with Crippen molar-refractivity contribution in [3.05, 3.63) is 48.3 Å². The molecule has 2 aromatic rings. The second kappa shape index (κ2) is 3.80. The molecule has 2 saturated heterocycles. The minimum Gasteiger partial charge on any atom is -0.465 e. The van der Waals surface area contributed by atoms with Crippen molar-refractivity contribution in [2.75, 3.05) is 0 Å². The van der Waals surface area contributed by atoms with Crippen molar-refractivity contribution in [3.63, 3.8) is 0 Å². The van der Waals surface area contributed by atoms with Crippen LogP contribution in [0.15, 0.2) is 45.6 Å². The first-order valence-corrected chi connectivity index (χ1v) is 6.02. The molecule has 2 fully saturated rings. The summed E-state index contributed by atoms with van der Waals surface area (Å²) < 4.78 is 10.5. The van der Waals surface area contributed by atoms with E-state index < -0.39 is 24.4 Å². The standard InChI is InChI=1S/C12H10N4O4/c17-11-13-9(7-3-1-5-19-7)15-12(18)14-10(16(11)15)8-4-2-6-20-8/h1-6,9-10H,(H,13,17)(H,14,18)/t9-,10+. The number of hydrazine groups is 1. The van der Waals surface area contributed by atoms with Gasteiger partial charge in [0.1, 0.15) is 11.5 Å². The molecule has 2 N–H and O–H groups in total. The first-order chi connectivity index (χ1) is 9.75. The Morgan fingerprint density at radius 2 is 1.30 bits per heavy atom. The lowest BCUT2D eigenvalue weighted by Gasteiger charge is -2.21. The molecule has 2 aliphatic heterocycles. The van der Waals surface area contributed by atoms with Crippen LogP contribution in [0.3, 0.4) is 0 Å². The highest BCUT2D eigenvalue weighted by atomic mass is 16.3. The van der Waals surface area contributed by atoms with Crippen LogP contribution in [0.5, 0.6) is 0 Å². The molecule has 4 amide bonds. The minimum atomic E-state index is -0.655. The summed E-state index contributed by atoms with van der Waals surface area (Å²) in [5.74, 6) is 0.965. The number of amides is 4. The Labute approximate surface area is 112 Å². The molecule has 102 valence electrons. The number of fused-ring (bicyclic) bond motifs is 1. The number of nitrogens with one attached hydrogen (secondary N) is 2. The summed E-state index contributed by atoms with van der Waals surface area (Å²) in [6.45, 7) is 0. The highest BCUT2D eigenvalue weighted by Crippen LogP contribution is 2.36. The van der Waals surface area contributed by atoms with Gasteiger partial charge in [0, 0.05) is 0 Å². The highest BCUT2D eigenvalue weighted by molar-refractivity contribution is 5.87. The van der Waals surface area contributed by atoms with Crippen molar-refractivity contribution >= 4 is 12.1 Å². The predicted molar refractivity (Wildman–Crippen MR) is 63.6 cm³/mol. The summed E-state index contributed by atoms with van der Waals surface area (Å²) >= 11 is 0. The lowest BCUT2D eigenvalue weighted by molar-refractivity contribution is 0.0545. The first kappa shape index (κ1) is 11.0. The van der Waals surface area contributed by atoms with E-state index in [4.69, 9.17) is 8.83 Å². The molecule has 8 heteroatoms. The van der Waals surface area contributed by atoms with E-state index in [1.54, 1.807) is 24.3 Å². The van der Waals surface area contributed by atoms with Gasteiger partial charge >= 0.3 is 12.1 Å². The number of nitrogens with zero attached hydrogens (tertiary/aromatic N) is 2. The number of urea groups is 2. The lowest BCUT2D eigenvalue weighted by Crippen LogP contribution is -2.36. The second-order valence-electron chi connectivity index (χ2n) is 4.42. The Balaban J connectivity index is 1.73. The minimum absolute atomic E-state index is 0.397. The molecule has 0 unspecified atom stereocenters.